The number of nitrogens with zero attached hydrogens (tertiary/aromatic N) is 1. The molecule has 0 amide bonds. The molecule has 0 saturated carbocycles. The molecule has 4 heteroatoms. The van der Waals surface area contributed by atoms with Gasteiger partial charge in [-0.15, -0.1) is 0 Å². The molecule has 90 valence electrons. The number of hydrogen-bond acceptors (Lipinski definition) is 1. The van der Waals surface area contributed by atoms with Gasteiger partial charge in [-0.2, -0.15) is 0 Å². The fraction of sp³-hybridized carbons (Fsp3) is 0.231. The molecule has 0 saturated heterocycles. The van der Waals surface area contributed by atoms with E-state index in [0.29, 0.717) is 23.7 Å². The summed E-state index contributed by atoms with van der Waals surface area (Å²) < 4.78 is 15.8. The number of benzene rings is 1. The van der Waals surface area contributed by atoms with Crippen LogP contribution in [0.25, 0.3) is 11.3 Å². The monoisotopic (exact) mass is 252 g/mol. The lowest BCUT2D eigenvalue weighted by Gasteiger charge is -2.12. The summed E-state index contributed by atoms with van der Waals surface area (Å²) in [5, 5.41) is 0.418. The molecular formula is C13H14ClFN2. The van der Waals surface area contributed by atoms with Crippen molar-refractivity contribution in [3.8, 4) is 11.3 Å². The molecule has 0 aliphatic rings. The second kappa shape index (κ2) is 4.90. The van der Waals surface area contributed by atoms with Crippen LogP contribution < -0.4 is 5.73 Å². The van der Waals surface area contributed by atoms with Crippen molar-refractivity contribution in [1.29, 1.82) is 0 Å². The maximum absolute atomic E-state index is 13.8. The van der Waals surface area contributed by atoms with Gasteiger partial charge in [0, 0.05) is 18.8 Å². The zero-order chi connectivity index (χ0) is 12.4. The highest BCUT2D eigenvalue weighted by atomic mass is 35.5. The Kier molecular flexibility index (Phi) is 3.50. The van der Waals surface area contributed by atoms with Gasteiger partial charge >= 0.3 is 0 Å². The summed E-state index contributed by atoms with van der Waals surface area (Å²) in [6.07, 6.45) is 0. The van der Waals surface area contributed by atoms with Gasteiger partial charge in [-0.05, 0) is 31.2 Å². The molecular weight excluding hydrogens is 239 g/mol. The standard InChI is InChI=1S/C13H14ClFN2/c1-9-5-6-12(17(9)8-7-16)13-10(14)3-2-4-11(13)15/h2-6H,7-8,16H2,1H3. The summed E-state index contributed by atoms with van der Waals surface area (Å²) in [7, 11) is 0. The van der Waals surface area contributed by atoms with Gasteiger partial charge in [0.15, 0.2) is 0 Å². The van der Waals surface area contributed by atoms with Crippen LogP contribution >= 0.6 is 11.6 Å². The van der Waals surface area contributed by atoms with Crippen LogP contribution in [0.4, 0.5) is 4.39 Å². The van der Waals surface area contributed by atoms with Gasteiger partial charge in [-0.25, -0.2) is 4.39 Å². The Bertz CT molecular complexity index is 514. The first-order chi connectivity index (χ1) is 8.15. The highest BCUT2D eigenvalue weighted by Gasteiger charge is 2.14. The van der Waals surface area contributed by atoms with Crippen LogP contribution in [0.15, 0.2) is 30.3 Å². The van der Waals surface area contributed by atoms with E-state index in [9.17, 15) is 4.39 Å². The fourth-order valence-corrected chi connectivity index (χ4v) is 2.22. The number of aryl methyl sites for hydroxylation is 1. The van der Waals surface area contributed by atoms with Gasteiger partial charge < -0.3 is 10.3 Å². The molecule has 0 aliphatic heterocycles. The fourth-order valence-electron chi connectivity index (χ4n) is 1.96. The average molecular weight is 253 g/mol. The maximum atomic E-state index is 13.8. The lowest BCUT2D eigenvalue weighted by molar-refractivity contribution is 0.626. The minimum Gasteiger partial charge on any atom is -0.344 e. The number of aromatic nitrogens is 1. The van der Waals surface area contributed by atoms with Crippen LogP contribution in [0, 0.1) is 12.7 Å². The molecule has 2 aromatic rings. The van der Waals surface area contributed by atoms with Crippen LogP contribution in [0.3, 0.4) is 0 Å². The van der Waals surface area contributed by atoms with Crippen LogP contribution in [0.1, 0.15) is 5.69 Å². The molecule has 2 N–H and O–H groups in total. The van der Waals surface area contributed by atoms with E-state index < -0.39 is 0 Å². The average Bonchev–Trinajstić information content (AvgIpc) is 2.62. The molecule has 1 aromatic heterocycles. The zero-order valence-electron chi connectivity index (χ0n) is 9.58. The topological polar surface area (TPSA) is 30.9 Å². The number of hydrogen-bond donors (Lipinski definition) is 1. The Labute approximate surface area is 105 Å². The number of rotatable bonds is 3. The third kappa shape index (κ3) is 2.21. The maximum Gasteiger partial charge on any atom is 0.134 e. The number of nitrogens with two attached hydrogens (primary N) is 1. The first-order valence-corrected chi connectivity index (χ1v) is 5.83. The van der Waals surface area contributed by atoms with E-state index in [2.05, 4.69) is 0 Å². The molecule has 0 fully saturated rings. The van der Waals surface area contributed by atoms with E-state index in [1.807, 2.05) is 23.6 Å². The normalized spacial score (nSPS) is 10.8. The Morgan fingerprint density at radius 3 is 2.71 bits per heavy atom. The van der Waals surface area contributed by atoms with E-state index in [-0.39, 0.29) is 5.82 Å². The van der Waals surface area contributed by atoms with Crippen LogP contribution in [-0.4, -0.2) is 11.1 Å². The van der Waals surface area contributed by atoms with Gasteiger partial charge in [0.2, 0.25) is 0 Å². The summed E-state index contributed by atoms with van der Waals surface area (Å²) in [6, 6.07) is 8.51. The first-order valence-electron chi connectivity index (χ1n) is 5.45. The Morgan fingerprint density at radius 2 is 2.06 bits per heavy atom. The molecule has 0 spiro atoms. The van der Waals surface area contributed by atoms with Crippen LogP contribution in [0.5, 0.6) is 0 Å². The molecule has 0 aliphatic carbocycles. The van der Waals surface area contributed by atoms with Crippen molar-refractivity contribution in [2.24, 2.45) is 5.73 Å². The SMILES string of the molecule is Cc1ccc(-c2c(F)cccc2Cl)n1CCN. The van der Waals surface area contributed by atoms with Crippen LogP contribution in [-0.2, 0) is 6.54 Å². The second-order valence-electron chi connectivity index (χ2n) is 3.90. The molecule has 0 bridgehead atoms. The van der Waals surface area contributed by atoms with Crippen molar-refractivity contribution in [2.45, 2.75) is 13.5 Å². The molecule has 1 heterocycles. The summed E-state index contributed by atoms with van der Waals surface area (Å²) in [6.45, 7) is 3.13. The quantitative estimate of drug-likeness (QED) is 0.894. The van der Waals surface area contributed by atoms with Gasteiger partial charge in [0.1, 0.15) is 5.82 Å². The van der Waals surface area contributed by atoms with E-state index in [0.717, 1.165) is 11.4 Å². The third-order valence-electron chi connectivity index (χ3n) is 2.77. The molecule has 0 atom stereocenters. The smallest absolute Gasteiger partial charge is 0.134 e. The molecule has 0 radical (unpaired) electrons. The van der Waals surface area contributed by atoms with Crippen molar-refractivity contribution in [3.05, 3.63) is 46.9 Å². The first kappa shape index (κ1) is 12.1. The predicted octanol–water partition coefficient (Wildman–Crippen LogP) is 3.21. The summed E-state index contributed by atoms with van der Waals surface area (Å²) in [4.78, 5) is 0. The highest BCUT2D eigenvalue weighted by molar-refractivity contribution is 6.33. The lowest BCUT2D eigenvalue weighted by Crippen LogP contribution is -2.12. The Morgan fingerprint density at radius 1 is 1.29 bits per heavy atom. The van der Waals surface area contributed by atoms with Crippen LogP contribution in [0.2, 0.25) is 5.02 Å². The van der Waals surface area contributed by atoms with Gasteiger partial charge in [0.05, 0.1) is 16.3 Å². The predicted molar refractivity (Wildman–Crippen MR) is 68.6 cm³/mol. The lowest BCUT2D eigenvalue weighted by atomic mass is 10.1. The third-order valence-corrected chi connectivity index (χ3v) is 3.09. The van der Waals surface area contributed by atoms with E-state index >= 15 is 0 Å². The largest absolute Gasteiger partial charge is 0.344 e. The number of halogens is 2. The van der Waals surface area contributed by atoms with E-state index in [4.69, 9.17) is 17.3 Å². The van der Waals surface area contributed by atoms with Crippen molar-refractivity contribution in [3.63, 3.8) is 0 Å². The van der Waals surface area contributed by atoms with Gasteiger partial charge in [-0.1, -0.05) is 17.7 Å². The van der Waals surface area contributed by atoms with Gasteiger partial charge in [-0.3, -0.25) is 0 Å². The molecule has 2 rings (SSSR count). The van der Waals surface area contributed by atoms with Crippen molar-refractivity contribution < 1.29 is 4.39 Å². The highest BCUT2D eigenvalue weighted by Crippen LogP contribution is 2.31. The minimum absolute atomic E-state index is 0.311. The van der Waals surface area contributed by atoms with Crippen molar-refractivity contribution in [1.82, 2.24) is 4.57 Å². The van der Waals surface area contributed by atoms with Gasteiger partial charge in [0.25, 0.3) is 0 Å². The minimum atomic E-state index is -0.311. The molecule has 0 unspecified atom stereocenters. The van der Waals surface area contributed by atoms with E-state index in [1.54, 1.807) is 12.1 Å². The molecule has 17 heavy (non-hydrogen) atoms. The molecule has 1 aromatic carbocycles. The van der Waals surface area contributed by atoms with Crippen molar-refractivity contribution >= 4 is 11.6 Å². The molecule has 2 nitrogen and oxygen atoms in total. The van der Waals surface area contributed by atoms with Crippen molar-refractivity contribution in [2.75, 3.05) is 6.54 Å². The van der Waals surface area contributed by atoms with E-state index in [1.165, 1.54) is 6.07 Å². The summed E-state index contributed by atoms with van der Waals surface area (Å²) in [5.41, 5.74) is 7.82. The Hall–Kier alpha value is -1.32. The summed E-state index contributed by atoms with van der Waals surface area (Å²) >= 11 is 6.06. The Balaban J connectivity index is 2.60. The summed E-state index contributed by atoms with van der Waals surface area (Å²) in [5.74, 6) is -0.311. The second-order valence-corrected chi connectivity index (χ2v) is 4.30. The zero-order valence-corrected chi connectivity index (χ0v) is 10.3.